The van der Waals surface area contributed by atoms with Crippen LogP contribution in [0.2, 0.25) is 0 Å². The van der Waals surface area contributed by atoms with Crippen LogP contribution < -0.4 is 10.6 Å². The van der Waals surface area contributed by atoms with Gasteiger partial charge in [0.05, 0.1) is 0 Å². The fraction of sp³-hybridized carbons (Fsp3) is 0.286. The van der Waals surface area contributed by atoms with Gasteiger partial charge >= 0.3 is 0 Å². The minimum atomic E-state index is -0.497. The van der Waals surface area contributed by atoms with Gasteiger partial charge in [0.1, 0.15) is 12.1 Å². The number of piperazine rings is 1. The summed E-state index contributed by atoms with van der Waals surface area (Å²) in [6, 6.07) is 6.96. The van der Waals surface area contributed by atoms with Crippen LogP contribution in [0.15, 0.2) is 30.5 Å². The first-order valence-corrected chi connectivity index (χ1v) is 6.31. The number of carbonyl (C=O) groups excluding carboxylic acids is 2. The minimum absolute atomic E-state index is 0.127. The van der Waals surface area contributed by atoms with Crippen LogP contribution in [-0.4, -0.2) is 28.9 Å². The van der Waals surface area contributed by atoms with E-state index in [-0.39, 0.29) is 11.8 Å². The van der Waals surface area contributed by atoms with E-state index in [1.165, 1.54) is 0 Å². The average molecular weight is 257 g/mol. The number of benzene rings is 1. The van der Waals surface area contributed by atoms with Gasteiger partial charge in [0.25, 0.3) is 0 Å². The number of rotatable bonds is 2. The van der Waals surface area contributed by atoms with Crippen LogP contribution in [0.3, 0.4) is 0 Å². The number of aromatic amines is 1. The molecule has 5 heteroatoms. The van der Waals surface area contributed by atoms with Crippen LogP contribution in [0.4, 0.5) is 0 Å². The maximum Gasteiger partial charge on any atom is 0.243 e. The Morgan fingerprint density at radius 3 is 2.74 bits per heavy atom. The predicted molar refractivity (Wildman–Crippen MR) is 71.5 cm³/mol. The van der Waals surface area contributed by atoms with E-state index in [0.717, 1.165) is 16.5 Å². The fourth-order valence-electron chi connectivity index (χ4n) is 2.41. The van der Waals surface area contributed by atoms with E-state index in [0.29, 0.717) is 6.42 Å². The molecule has 1 aliphatic heterocycles. The monoisotopic (exact) mass is 257 g/mol. The lowest BCUT2D eigenvalue weighted by Crippen LogP contribution is -2.61. The Morgan fingerprint density at radius 1 is 1.11 bits per heavy atom. The third-order valence-corrected chi connectivity index (χ3v) is 3.48. The maximum absolute atomic E-state index is 11.9. The zero-order valence-electron chi connectivity index (χ0n) is 10.6. The Hall–Kier alpha value is -2.30. The zero-order valence-corrected chi connectivity index (χ0v) is 10.6. The lowest BCUT2D eigenvalue weighted by atomic mass is 10.0. The van der Waals surface area contributed by atoms with Crippen LogP contribution in [0.25, 0.3) is 10.9 Å². The molecule has 19 heavy (non-hydrogen) atoms. The average Bonchev–Trinajstić information content (AvgIpc) is 2.80. The molecule has 0 spiro atoms. The predicted octanol–water partition coefficient (Wildman–Crippen LogP) is 0.713. The molecule has 0 unspecified atom stereocenters. The summed E-state index contributed by atoms with van der Waals surface area (Å²) in [5.41, 5.74) is 2.07. The van der Waals surface area contributed by atoms with Crippen molar-refractivity contribution >= 4 is 22.7 Å². The molecule has 2 amide bonds. The Morgan fingerprint density at radius 2 is 1.89 bits per heavy atom. The van der Waals surface area contributed by atoms with Gasteiger partial charge in [0, 0.05) is 23.5 Å². The second-order valence-corrected chi connectivity index (χ2v) is 4.86. The van der Waals surface area contributed by atoms with Gasteiger partial charge in [-0.3, -0.25) is 9.59 Å². The lowest BCUT2D eigenvalue weighted by Gasteiger charge is -2.27. The molecule has 3 N–H and O–H groups in total. The number of para-hydroxylation sites is 1. The number of amides is 2. The molecule has 98 valence electrons. The number of fused-ring (bicyclic) bond motifs is 1. The Balaban J connectivity index is 1.85. The normalized spacial score (nSPS) is 23.2. The van der Waals surface area contributed by atoms with Crippen LogP contribution in [0.5, 0.6) is 0 Å². The van der Waals surface area contributed by atoms with E-state index in [1.54, 1.807) is 6.92 Å². The number of hydrogen-bond donors (Lipinski definition) is 3. The third-order valence-electron chi connectivity index (χ3n) is 3.48. The number of nitrogens with one attached hydrogen (secondary N) is 3. The second kappa shape index (κ2) is 4.42. The number of aromatic nitrogens is 1. The summed E-state index contributed by atoms with van der Waals surface area (Å²) < 4.78 is 0. The quantitative estimate of drug-likeness (QED) is 0.741. The molecule has 0 radical (unpaired) electrons. The molecule has 3 rings (SSSR count). The van der Waals surface area contributed by atoms with Crippen molar-refractivity contribution < 1.29 is 9.59 Å². The van der Waals surface area contributed by atoms with Gasteiger partial charge in [-0.2, -0.15) is 0 Å². The van der Waals surface area contributed by atoms with Crippen LogP contribution in [0, 0.1) is 0 Å². The van der Waals surface area contributed by atoms with E-state index in [9.17, 15) is 9.59 Å². The van der Waals surface area contributed by atoms with E-state index in [4.69, 9.17) is 0 Å². The summed E-state index contributed by atoms with van der Waals surface area (Å²) in [6.45, 7) is 1.68. The van der Waals surface area contributed by atoms with Crippen molar-refractivity contribution in [3.8, 4) is 0 Å². The van der Waals surface area contributed by atoms with Crippen molar-refractivity contribution in [2.24, 2.45) is 0 Å². The first-order valence-electron chi connectivity index (χ1n) is 6.31. The summed E-state index contributed by atoms with van der Waals surface area (Å²) >= 11 is 0. The summed E-state index contributed by atoms with van der Waals surface area (Å²) in [5.74, 6) is -0.262. The summed E-state index contributed by atoms with van der Waals surface area (Å²) in [4.78, 5) is 26.7. The standard InChI is InChI=1S/C14H15N3O2/c1-8-13(18)17-12(14(19)16-8)6-9-7-15-11-5-3-2-4-10(9)11/h2-5,7-8,12,15H,6H2,1H3,(H,16,19)(H,17,18)/t8-,12+/m0/s1. The number of hydrogen-bond acceptors (Lipinski definition) is 2. The maximum atomic E-state index is 11.9. The van der Waals surface area contributed by atoms with Crippen LogP contribution >= 0.6 is 0 Å². The highest BCUT2D eigenvalue weighted by molar-refractivity contribution is 5.97. The first-order chi connectivity index (χ1) is 9.15. The van der Waals surface area contributed by atoms with Crippen molar-refractivity contribution in [3.63, 3.8) is 0 Å². The lowest BCUT2D eigenvalue weighted by molar-refractivity contribution is -0.136. The van der Waals surface area contributed by atoms with Crippen molar-refractivity contribution in [2.45, 2.75) is 25.4 Å². The highest BCUT2D eigenvalue weighted by Crippen LogP contribution is 2.19. The molecule has 1 saturated heterocycles. The molecule has 1 aromatic carbocycles. The molecular formula is C14H15N3O2. The van der Waals surface area contributed by atoms with Crippen molar-refractivity contribution in [1.29, 1.82) is 0 Å². The van der Waals surface area contributed by atoms with Gasteiger partial charge in [-0.15, -0.1) is 0 Å². The van der Waals surface area contributed by atoms with Crippen molar-refractivity contribution in [1.82, 2.24) is 15.6 Å². The number of carbonyl (C=O) groups is 2. The molecule has 2 heterocycles. The Labute approximate surface area is 110 Å². The molecule has 2 atom stereocenters. The molecule has 0 saturated carbocycles. The SMILES string of the molecule is C[C@@H]1NC(=O)[C@@H](Cc2c[nH]c3ccccc23)NC1=O. The van der Waals surface area contributed by atoms with E-state index >= 15 is 0 Å². The van der Waals surface area contributed by atoms with Gasteiger partial charge in [-0.1, -0.05) is 18.2 Å². The largest absolute Gasteiger partial charge is 0.361 e. The fourth-order valence-corrected chi connectivity index (χ4v) is 2.41. The van der Waals surface area contributed by atoms with Gasteiger partial charge in [0.15, 0.2) is 0 Å². The van der Waals surface area contributed by atoms with Crippen molar-refractivity contribution in [3.05, 3.63) is 36.0 Å². The van der Waals surface area contributed by atoms with E-state index in [2.05, 4.69) is 15.6 Å². The Kier molecular flexibility index (Phi) is 2.74. The summed E-state index contributed by atoms with van der Waals surface area (Å²) in [7, 11) is 0. The van der Waals surface area contributed by atoms with Crippen LogP contribution in [0.1, 0.15) is 12.5 Å². The summed E-state index contributed by atoms with van der Waals surface area (Å²) in [6.07, 6.45) is 2.39. The topological polar surface area (TPSA) is 74.0 Å². The molecule has 0 aliphatic carbocycles. The summed E-state index contributed by atoms with van der Waals surface area (Å²) in [5, 5.41) is 6.52. The molecule has 0 bridgehead atoms. The zero-order chi connectivity index (χ0) is 13.4. The highest BCUT2D eigenvalue weighted by Gasteiger charge is 2.31. The first kappa shape index (κ1) is 11.8. The number of H-pyrrole nitrogens is 1. The molecule has 1 aliphatic rings. The van der Waals surface area contributed by atoms with Gasteiger partial charge in [-0.25, -0.2) is 0 Å². The van der Waals surface area contributed by atoms with Crippen LogP contribution in [-0.2, 0) is 16.0 Å². The van der Waals surface area contributed by atoms with E-state index < -0.39 is 12.1 Å². The highest BCUT2D eigenvalue weighted by atomic mass is 16.2. The third kappa shape index (κ3) is 2.07. The molecule has 5 nitrogen and oxygen atoms in total. The van der Waals surface area contributed by atoms with Gasteiger partial charge < -0.3 is 15.6 Å². The van der Waals surface area contributed by atoms with Crippen molar-refractivity contribution in [2.75, 3.05) is 0 Å². The molecule has 2 aromatic rings. The smallest absolute Gasteiger partial charge is 0.243 e. The Bertz CT molecular complexity index is 647. The molecule has 1 aromatic heterocycles. The molecular weight excluding hydrogens is 242 g/mol. The van der Waals surface area contributed by atoms with Gasteiger partial charge in [-0.05, 0) is 18.6 Å². The van der Waals surface area contributed by atoms with E-state index in [1.807, 2.05) is 30.5 Å². The molecule has 1 fully saturated rings. The van der Waals surface area contributed by atoms with Gasteiger partial charge in [0.2, 0.25) is 11.8 Å². The second-order valence-electron chi connectivity index (χ2n) is 4.86. The minimum Gasteiger partial charge on any atom is -0.361 e.